The van der Waals surface area contributed by atoms with Crippen LogP contribution in [0.15, 0.2) is 12.2 Å². The molecule has 0 fully saturated rings. The minimum atomic E-state index is -0.496. The van der Waals surface area contributed by atoms with Crippen molar-refractivity contribution in [2.24, 2.45) is 11.5 Å². The van der Waals surface area contributed by atoms with E-state index in [2.05, 4.69) is 6.58 Å². The molecule has 7 N–H and O–H groups in total. The maximum atomic E-state index is 9.92. The van der Waals surface area contributed by atoms with Gasteiger partial charge in [0.05, 0.1) is 0 Å². The second-order valence-corrected chi connectivity index (χ2v) is 2.64. The maximum Gasteiger partial charge on any atom is 0.217 e. The maximum absolute atomic E-state index is 9.92. The first-order chi connectivity index (χ1) is 5.36. The fraction of sp³-hybridized carbons (Fsp3) is 0.500. The number of allylic oxidation sites excluding steroid dienone is 1. The molecule has 0 bridgehead atoms. The molecule has 78 valence electrons. The molecule has 0 saturated carbocycles. The third-order valence-corrected chi connectivity index (χ3v) is 0.618. The van der Waals surface area contributed by atoms with E-state index in [9.17, 15) is 9.59 Å². The fourth-order valence-corrected chi connectivity index (χ4v) is 0.246. The van der Waals surface area contributed by atoms with Crippen LogP contribution in [0.1, 0.15) is 26.7 Å². The summed E-state index contributed by atoms with van der Waals surface area (Å²) in [5.41, 5.74) is 10.6. The third-order valence-electron chi connectivity index (χ3n) is 0.618. The number of carbonyl (C=O) groups is 2. The van der Waals surface area contributed by atoms with Crippen LogP contribution in [0.4, 0.5) is 0 Å². The van der Waals surface area contributed by atoms with Crippen molar-refractivity contribution in [2.75, 3.05) is 0 Å². The Balaban J connectivity index is -0.000000173. The van der Waals surface area contributed by atoms with Crippen LogP contribution in [0.25, 0.3) is 0 Å². The van der Waals surface area contributed by atoms with E-state index in [0.29, 0.717) is 0 Å². The first kappa shape index (κ1) is 17.7. The number of nitrogens with two attached hydrogens (primary N) is 2. The zero-order chi connectivity index (χ0) is 10.1. The molecule has 0 rings (SSSR count). The number of carbonyl (C=O) groups excluding carboxylic acids is 2. The molecular formula is C8H19N3O2. The van der Waals surface area contributed by atoms with Crippen LogP contribution in [0.5, 0.6) is 0 Å². The Morgan fingerprint density at radius 3 is 1.31 bits per heavy atom. The highest BCUT2D eigenvalue weighted by molar-refractivity contribution is 5.81. The summed E-state index contributed by atoms with van der Waals surface area (Å²) in [6.07, 6.45) is 0.102. The van der Waals surface area contributed by atoms with Gasteiger partial charge < -0.3 is 17.6 Å². The van der Waals surface area contributed by atoms with E-state index in [1.54, 1.807) is 0 Å². The molecule has 0 aliphatic rings. The van der Waals surface area contributed by atoms with Crippen molar-refractivity contribution in [3.63, 3.8) is 0 Å². The van der Waals surface area contributed by atoms with Crippen molar-refractivity contribution >= 4 is 11.8 Å². The second-order valence-electron chi connectivity index (χ2n) is 2.64. The van der Waals surface area contributed by atoms with Crippen LogP contribution in [0.2, 0.25) is 0 Å². The van der Waals surface area contributed by atoms with Crippen molar-refractivity contribution in [1.29, 1.82) is 0 Å². The van der Waals surface area contributed by atoms with Crippen molar-refractivity contribution in [3.05, 3.63) is 12.2 Å². The lowest BCUT2D eigenvalue weighted by molar-refractivity contribution is -0.123. The predicted molar refractivity (Wildman–Crippen MR) is 53.1 cm³/mol. The number of primary amides is 2. The van der Waals surface area contributed by atoms with Gasteiger partial charge in [-0.2, -0.15) is 0 Å². The van der Waals surface area contributed by atoms with Gasteiger partial charge in [0, 0.05) is 12.8 Å². The molecule has 0 heterocycles. The topological polar surface area (TPSA) is 121 Å². The van der Waals surface area contributed by atoms with Gasteiger partial charge in [0.1, 0.15) is 0 Å². The van der Waals surface area contributed by atoms with Crippen LogP contribution in [0.3, 0.4) is 0 Å². The van der Waals surface area contributed by atoms with Crippen molar-refractivity contribution in [3.8, 4) is 0 Å². The molecule has 0 aliphatic heterocycles. The zero-order valence-corrected chi connectivity index (χ0v) is 8.30. The first-order valence-electron chi connectivity index (χ1n) is 3.55. The summed E-state index contributed by atoms with van der Waals surface area (Å²) in [6, 6.07) is 0. The van der Waals surface area contributed by atoms with Gasteiger partial charge in [-0.25, -0.2) is 0 Å². The molecule has 0 unspecified atom stereocenters. The molecule has 0 aromatic carbocycles. The standard InChI is InChI=1S/C4H8N2O2.C4H8.H3N/c5-3(7)1-2-4(6)8;1-4(2)3;/h1-2H2,(H2,5,7)(H2,6,8);1H2,2-3H3;1H3. The third kappa shape index (κ3) is 59.9. The van der Waals surface area contributed by atoms with E-state index in [4.69, 9.17) is 11.5 Å². The second kappa shape index (κ2) is 10.6. The smallest absolute Gasteiger partial charge is 0.217 e. The van der Waals surface area contributed by atoms with Crippen molar-refractivity contribution < 1.29 is 9.59 Å². The molecule has 0 spiro atoms. The van der Waals surface area contributed by atoms with Gasteiger partial charge in [-0.3, -0.25) is 9.59 Å². The number of hydrogen-bond donors (Lipinski definition) is 3. The number of amides is 2. The van der Waals surface area contributed by atoms with Gasteiger partial charge in [-0.15, -0.1) is 6.58 Å². The van der Waals surface area contributed by atoms with E-state index in [1.807, 2.05) is 13.8 Å². The summed E-state index contributed by atoms with van der Waals surface area (Å²) in [5.74, 6) is -0.993. The molecular weight excluding hydrogens is 170 g/mol. The SMILES string of the molecule is C=C(C)C.N.NC(=O)CCC(N)=O. The van der Waals surface area contributed by atoms with Crippen LogP contribution in [0, 0.1) is 0 Å². The van der Waals surface area contributed by atoms with E-state index in [0.717, 1.165) is 0 Å². The quantitative estimate of drug-likeness (QED) is 0.560. The van der Waals surface area contributed by atoms with Crippen LogP contribution in [-0.4, -0.2) is 11.8 Å². The normalized spacial score (nSPS) is 7.23. The molecule has 13 heavy (non-hydrogen) atoms. The molecule has 5 nitrogen and oxygen atoms in total. The summed E-state index contributed by atoms with van der Waals surface area (Å²) in [4.78, 5) is 19.8. The molecule has 0 saturated heterocycles. The Labute approximate surface area is 78.7 Å². The Bertz CT molecular complexity index is 160. The van der Waals surface area contributed by atoms with Gasteiger partial charge in [0.15, 0.2) is 0 Å². The largest absolute Gasteiger partial charge is 0.370 e. The van der Waals surface area contributed by atoms with Gasteiger partial charge in [0.25, 0.3) is 0 Å². The highest BCUT2D eigenvalue weighted by atomic mass is 16.2. The van der Waals surface area contributed by atoms with Gasteiger partial charge in [-0.05, 0) is 13.8 Å². The Morgan fingerprint density at radius 1 is 1.08 bits per heavy atom. The molecule has 0 aromatic rings. The Kier molecular flexibility index (Phi) is 14.4. The van der Waals surface area contributed by atoms with Gasteiger partial charge in [0.2, 0.25) is 11.8 Å². The van der Waals surface area contributed by atoms with Gasteiger partial charge in [-0.1, -0.05) is 5.57 Å². The van der Waals surface area contributed by atoms with Gasteiger partial charge >= 0.3 is 0 Å². The Morgan fingerprint density at radius 2 is 1.23 bits per heavy atom. The predicted octanol–water partition coefficient (Wildman–Crippen LogP) is 0.482. The highest BCUT2D eigenvalue weighted by Crippen LogP contribution is 1.82. The molecule has 5 heteroatoms. The summed E-state index contributed by atoms with van der Waals surface area (Å²) >= 11 is 0. The van der Waals surface area contributed by atoms with E-state index in [1.165, 1.54) is 5.57 Å². The average molecular weight is 189 g/mol. The van der Waals surface area contributed by atoms with E-state index in [-0.39, 0.29) is 19.0 Å². The lowest BCUT2D eigenvalue weighted by Crippen LogP contribution is -2.16. The summed E-state index contributed by atoms with van der Waals surface area (Å²) in [6.45, 7) is 7.50. The minimum Gasteiger partial charge on any atom is -0.370 e. The fourth-order valence-electron chi connectivity index (χ4n) is 0.246. The molecule has 0 atom stereocenters. The summed E-state index contributed by atoms with van der Waals surface area (Å²) in [7, 11) is 0. The lowest BCUT2D eigenvalue weighted by Gasteiger charge is -1.87. The first-order valence-corrected chi connectivity index (χ1v) is 3.55. The minimum absolute atomic E-state index is 0. The van der Waals surface area contributed by atoms with Crippen LogP contribution < -0.4 is 17.6 Å². The number of hydrogen-bond acceptors (Lipinski definition) is 3. The lowest BCUT2D eigenvalue weighted by atomic mass is 10.3. The molecule has 0 aromatic heterocycles. The number of rotatable bonds is 3. The monoisotopic (exact) mass is 189 g/mol. The van der Waals surface area contributed by atoms with Crippen LogP contribution in [-0.2, 0) is 9.59 Å². The van der Waals surface area contributed by atoms with E-state index >= 15 is 0 Å². The molecule has 0 radical (unpaired) electrons. The van der Waals surface area contributed by atoms with Crippen molar-refractivity contribution in [2.45, 2.75) is 26.7 Å². The van der Waals surface area contributed by atoms with Crippen LogP contribution >= 0.6 is 0 Å². The zero-order valence-electron chi connectivity index (χ0n) is 8.30. The molecule has 2 amide bonds. The summed E-state index contributed by atoms with van der Waals surface area (Å²) in [5, 5.41) is 0. The van der Waals surface area contributed by atoms with E-state index < -0.39 is 11.8 Å². The Hall–Kier alpha value is -1.36. The average Bonchev–Trinajstić information content (AvgIpc) is 1.82. The highest BCUT2D eigenvalue weighted by Gasteiger charge is 1.96. The molecule has 0 aliphatic carbocycles. The van der Waals surface area contributed by atoms with Crippen molar-refractivity contribution in [1.82, 2.24) is 6.15 Å². The summed E-state index contributed by atoms with van der Waals surface area (Å²) < 4.78 is 0.